The predicted octanol–water partition coefficient (Wildman–Crippen LogP) is 1.77. The van der Waals surface area contributed by atoms with Crippen LogP contribution in [0.4, 0.5) is 0 Å². The Kier molecular flexibility index (Phi) is 3.40. The summed E-state index contributed by atoms with van der Waals surface area (Å²) < 4.78 is 5.58. The SMILES string of the molecule is O=C([O-])Cc1ccc(Oc2ccccc2)cc1. The molecule has 2 rings (SSSR count). The van der Waals surface area contributed by atoms with E-state index in [4.69, 9.17) is 4.74 Å². The number of carbonyl (C=O) groups is 1. The number of hydrogen-bond donors (Lipinski definition) is 0. The van der Waals surface area contributed by atoms with Crippen LogP contribution < -0.4 is 9.84 Å². The van der Waals surface area contributed by atoms with Crippen molar-refractivity contribution in [1.29, 1.82) is 0 Å². The maximum Gasteiger partial charge on any atom is 0.127 e. The first-order valence-electron chi connectivity index (χ1n) is 5.26. The zero-order valence-electron chi connectivity index (χ0n) is 9.13. The van der Waals surface area contributed by atoms with E-state index >= 15 is 0 Å². The molecule has 0 aliphatic rings. The standard InChI is InChI=1S/C14H12O3/c15-14(16)10-11-6-8-13(9-7-11)17-12-4-2-1-3-5-12/h1-9H,10H2,(H,15,16)/p-1. The van der Waals surface area contributed by atoms with E-state index in [9.17, 15) is 9.90 Å². The van der Waals surface area contributed by atoms with Crippen LogP contribution in [-0.4, -0.2) is 5.97 Å². The van der Waals surface area contributed by atoms with E-state index in [1.165, 1.54) is 0 Å². The Morgan fingerprint density at radius 2 is 1.53 bits per heavy atom. The van der Waals surface area contributed by atoms with Gasteiger partial charge in [0.2, 0.25) is 0 Å². The van der Waals surface area contributed by atoms with Gasteiger partial charge in [0.25, 0.3) is 0 Å². The molecule has 0 radical (unpaired) electrons. The van der Waals surface area contributed by atoms with Gasteiger partial charge in [-0.25, -0.2) is 0 Å². The maximum atomic E-state index is 10.4. The molecule has 0 N–H and O–H groups in total. The second-order valence-electron chi connectivity index (χ2n) is 3.61. The predicted molar refractivity (Wildman–Crippen MR) is 61.7 cm³/mol. The molecule has 0 saturated heterocycles. The van der Waals surface area contributed by atoms with Gasteiger partial charge >= 0.3 is 0 Å². The Hall–Kier alpha value is -2.29. The van der Waals surface area contributed by atoms with Gasteiger partial charge in [-0.2, -0.15) is 0 Å². The van der Waals surface area contributed by atoms with Crippen LogP contribution in [0.5, 0.6) is 11.5 Å². The second-order valence-corrected chi connectivity index (χ2v) is 3.61. The highest BCUT2D eigenvalue weighted by atomic mass is 16.5. The molecule has 0 aliphatic heterocycles. The molecule has 0 aliphatic carbocycles. The smallest absolute Gasteiger partial charge is 0.127 e. The average Bonchev–Trinajstić information content (AvgIpc) is 2.32. The summed E-state index contributed by atoms with van der Waals surface area (Å²) in [4.78, 5) is 10.4. The first-order valence-corrected chi connectivity index (χ1v) is 5.26. The third kappa shape index (κ3) is 3.34. The highest BCUT2D eigenvalue weighted by Crippen LogP contribution is 2.21. The molecule has 0 spiro atoms. The monoisotopic (exact) mass is 227 g/mol. The molecule has 0 unspecified atom stereocenters. The number of aliphatic carboxylic acids is 1. The van der Waals surface area contributed by atoms with Crippen LogP contribution in [0.25, 0.3) is 0 Å². The van der Waals surface area contributed by atoms with Crippen LogP contribution in [0.2, 0.25) is 0 Å². The molecule has 0 atom stereocenters. The summed E-state index contributed by atoms with van der Waals surface area (Å²) in [6.07, 6.45) is -0.0778. The van der Waals surface area contributed by atoms with Crippen molar-refractivity contribution in [3.63, 3.8) is 0 Å². The number of benzene rings is 2. The normalized spacial score (nSPS) is 9.88. The van der Waals surface area contributed by atoms with Crippen LogP contribution in [0.1, 0.15) is 5.56 Å². The summed E-state index contributed by atoms with van der Waals surface area (Å²) in [6.45, 7) is 0. The molecule has 3 nitrogen and oxygen atoms in total. The summed E-state index contributed by atoms with van der Waals surface area (Å²) in [5.74, 6) is 0.347. The first-order chi connectivity index (χ1) is 8.24. The summed E-state index contributed by atoms with van der Waals surface area (Å²) in [6, 6.07) is 16.3. The number of hydrogen-bond acceptors (Lipinski definition) is 3. The lowest BCUT2D eigenvalue weighted by Gasteiger charge is -2.07. The summed E-state index contributed by atoms with van der Waals surface area (Å²) >= 11 is 0. The molecular formula is C14H11O3-. The fourth-order valence-electron chi connectivity index (χ4n) is 1.47. The molecule has 2 aromatic rings. The Morgan fingerprint density at radius 1 is 0.941 bits per heavy atom. The Balaban J connectivity index is 2.06. The number of carboxylic acids is 1. The number of carbonyl (C=O) groups excluding carboxylic acids is 1. The average molecular weight is 227 g/mol. The van der Waals surface area contributed by atoms with E-state index in [1.807, 2.05) is 30.3 Å². The maximum absolute atomic E-state index is 10.4. The zero-order valence-corrected chi connectivity index (χ0v) is 9.13. The minimum atomic E-state index is -1.08. The van der Waals surface area contributed by atoms with Crippen LogP contribution in [0.15, 0.2) is 54.6 Å². The highest BCUT2D eigenvalue weighted by molar-refractivity contribution is 5.67. The third-order valence-electron chi connectivity index (χ3n) is 2.25. The summed E-state index contributed by atoms with van der Waals surface area (Å²) in [5, 5.41) is 10.4. The quantitative estimate of drug-likeness (QED) is 0.799. The number of para-hydroxylation sites is 1. The van der Waals surface area contributed by atoms with Crippen molar-refractivity contribution in [1.82, 2.24) is 0 Å². The first kappa shape index (κ1) is 11.2. The number of carboxylic acid groups (broad SMARTS) is 1. The van der Waals surface area contributed by atoms with Crippen molar-refractivity contribution in [2.75, 3.05) is 0 Å². The molecule has 3 heteroatoms. The van der Waals surface area contributed by atoms with E-state index in [2.05, 4.69) is 0 Å². The van der Waals surface area contributed by atoms with Gasteiger partial charge in [0, 0.05) is 12.4 Å². The second kappa shape index (κ2) is 5.16. The van der Waals surface area contributed by atoms with Gasteiger partial charge in [-0.05, 0) is 29.8 Å². The van der Waals surface area contributed by atoms with Crippen LogP contribution in [0, 0.1) is 0 Å². The van der Waals surface area contributed by atoms with Gasteiger partial charge in [0.1, 0.15) is 11.5 Å². The molecule has 17 heavy (non-hydrogen) atoms. The molecule has 0 heterocycles. The summed E-state index contributed by atoms with van der Waals surface area (Å²) in [7, 11) is 0. The Labute approximate surface area is 99.3 Å². The van der Waals surface area contributed by atoms with Crippen molar-refractivity contribution < 1.29 is 14.6 Å². The van der Waals surface area contributed by atoms with Crippen molar-refractivity contribution in [3.8, 4) is 11.5 Å². The summed E-state index contributed by atoms with van der Waals surface area (Å²) in [5.41, 5.74) is 0.699. The lowest BCUT2D eigenvalue weighted by molar-refractivity contribution is -0.304. The van der Waals surface area contributed by atoms with Crippen molar-refractivity contribution in [2.45, 2.75) is 6.42 Å². The minimum Gasteiger partial charge on any atom is -0.550 e. The van der Waals surface area contributed by atoms with Gasteiger partial charge < -0.3 is 14.6 Å². The van der Waals surface area contributed by atoms with Crippen LogP contribution >= 0.6 is 0 Å². The van der Waals surface area contributed by atoms with Gasteiger partial charge in [-0.1, -0.05) is 30.3 Å². The van der Waals surface area contributed by atoms with Crippen LogP contribution in [-0.2, 0) is 11.2 Å². The van der Waals surface area contributed by atoms with Crippen molar-refractivity contribution in [2.24, 2.45) is 0 Å². The Morgan fingerprint density at radius 3 is 2.12 bits per heavy atom. The molecule has 0 bridgehead atoms. The lowest BCUT2D eigenvalue weighted by Crippen LogP contribution is -2.24. The molecule has 0 amide bonds. The van der Waals surface area contributed by atoms with Gasteiger partial charge in [-0.15, -0.1) is 0 Å². The molecule has 0 saturated carbocycles. The van der Waals surface area contributed by atoms with E-state index in [-0.39, 0.29) is 6.42 Å². The largest absolute Gasteiger partial charge is 0.550 e. The van der Waals surface area contributed by atoms with Gasteiger partial charge in [0.15, 0.2) is 0 Å². The number of rotatable bonds is 4. The van der Waals surface area contributed by atoms with E-state index < -0.39 is 5.97 Å². The fraction of sp³-hybridized carbons (Fsp3) is 0.0714. The molecule has 2 aromatic carbocycles. The molecule has 0 fully saturated rings. The van der Waals surface area contributed by atoms with Crippen molar-refractivity contribution in [3.05, 3.63) is 60.2 Å². The lowest BCUT2D eigenvalue weighted by atomic mass is 10.1. The fourth-order valence-corrected chi connectivity index (χ4v) is 1.47. The van der Waals surface area contributed by atoms with Crippen LogP contribution in [0.3, 0.4) is 0 Å². The molecular weight excluding hydrogens is 216 g/mol. The van der Waals surface area contributed by atoms with E-state index in [0.29, 0.717) is 11.3 Å². The molecule has 86 valence electrons. The zero-order chi connectivity index (χ0) is 12.1. The van der Waals surface area contributed by atoms with Crippen molar-refractivity contribution >= 4 is 5.97 Å². The van der Waals surface area contributed by atoms with Gasteiger partial charge in [0.05, 0.1) is 0 Å². The van der Waals surface area contributed by atoms with E-state index in [1.54, 1.807) is 24.3 Å². The van der Waals surface area contributed by atoms with E-state index in [0.717, 1.165) is 5.75 Å². The highest BCUT2D eigenvalue weighted by Gasteiger charge is 1.97. The Bertz CT molecular complexity index is 489. The topological polar surface area (TPSA) is 49.4 Å². The number of ether oxygens (including phenoxy) is 1. The third-order valence-corrected chi connectivity index (χ3v) is 2.25. The molecule has 0 aromatic heterocycles. The minimum absolute atomic E-state index is 0.0778. The van der Waals surface area contributed by atoms with Gasteiger partial charge in [-0.3, -0.25) is 0 Å².